The van der Waals surface area contributed by atoms with Crippen molar-refractivity contribution in [3.63, 3.8) is 0 Å². The number of carbonyl (C=O) groups is 1. The highest BCUT2D eigenvalue weighted by atomic mass is 16.2. The van der Waals surface area contributed by atoms with E-state index < -0.39 is 5.91 Å². The van der Waals surface area contributed by atoms with Crippen LogP contribution in [0, 0.1) is 12.8 Å². The van der Waals surface area contributed by atoms with E-state index in [2.05, 4.69) is 20.7 Å². The zero-order chi connectivity index (χ0) is 20.9. The Balaban J connectivity index is 1.53. The van der Waals surface area contributed by atoms with Crippen molar-refractivity contribution in [2.75, 3.05) is 18.4 Å². The van der Waals surface area contributed by atoms with E-state index >= 15 is 0 Å². The molecule has 0 saturated carbocycles. The first-order valence-electron chi connectivity index (χ1n) is 10.2. The molecule has 8 nitrogen and oxygen atoms in total. The number of anilines is 1. The van der Waals surface area contributed by atoms with Gasteiger partial charge in [-0.3, -0.25) is 14.6 Å². The molecule has 1 aliphatic heterocycles. The molecular formula is C22H26N6O2. The normalized spacial score (nSPS) is 16.4. The molecule has 30 heavy (non-hydrogen) atoms. The fourth-order valence-corrected chi connectivity index (χ4v) is 3.85. The fourth-order valence-electron chi connectivity index (χ4n) is 3.85. The molecule has 1 aliphatic rings. The predicted octanol–water partition coefficient (Wildman–Crippen LogP) is 2.05. The Kier molecular flexibility index (Phi) is 6.04. The standard InChI is InChI=1S/C22H26N6O2/c1-16-7-11-27(14-17-4-2-8-23-12-17)22(30)20(16)21(29)26-19-6-10-25-28(19)15-18-5-3-9-24-13-18/h3,5-7,9-11,13,17,23H,2,4,8,12,14-15H2,1H3,(H,26,29). The van der Waals surface area contributed by atoms with Crippen LogP contribution in [0.2, 0.25) is 0 Å². The van der Waals surface area contributed by atoms with Crippen molar-refractivity contribution in [1.82, 2.24) is 24.6 Å². The zero-order valence-electron chi connectivity index (χ0n) is 17.0. The molecule has 3 aromatic heterocycles. The summed E-state index contributed by atoms with van der Waals surface area (Å²) in [5, 5.41) is 10.5. The number of amides is 1. The molecule has 4 heterocycles. The molecule has 156 valence electrons. The van der Waals surface area contributed by atoms with Gasteiger partial charge < -0.3 is 15.2 Å². The average Bonchev–Trinajstić information content (AvgIpc) is 3.18. The molecule has 1 unspecified atom stereocenters. The van der Waals surface area contributed by atoms with Crippen molar-refractivity contribution < 1.29 is 4.79 Å². The van der Waals surface area contributed by atoms with Gasteiger partial charge in [-0.2, -0.15) is 5.10 Å². The van der Waals surface area contributed by atoms with E-state index in [0.717, 1.165) is 31.5 Å². The highest BCUT2D eigenvalue weighted by molar-refractivity contribution is 6.04. The number of piperidine rings is 1. The molecule has 0 aliphatic carbocycles. The van der Waals surface area contributed by atoms with Crippen molar-refractivity contribution in [1.29, 1.82) is 0 Å². The maximum Gasteiger partial charge on any atom is 0.263 e. The number of hydrogen-bond acceptors (Lipinski definition) is 5. The summed E-state index contributed by atoms with van der Waals surface area (Å²) in [6.45, 7) is 4.80. The molecule has 0 radical (unpaired) electrons. The van der Waals surface area contributed by atoms with Gasteiger partial charge in [0.25, 0.3) is 11.5 Å². The number of aryl methyl sites for hydroxylation is 1. The molecule has 0 aromatic carbocycles. The average molecular weight is 406 g/mol. The van der Waals surface area contributed by atoms with Crippen LogP contribution in [0.1, 0.15) is 34.3 Å². The van der Waals surface area contributed by atoms with Crippen LogP contribution < -0.4 is 16.2 Å². The monoisotopic (exact) mass is 406 g/mol. The number of nitrogens with one attached hydrogen (secondary N) is 2. The van der Waals surface area contributed by atoms with Gasteiger partial charge >= 0.3 is 0 Å². The lowest BCUT2D eigenvalue weighted by molar-refractivity contribution is 0.102. The molecule has 1 fully saturated rings. The minimum atomic E-state index is -0.415. The van der Waals surface area contributed by atoms with Crippen LogP contribution in [0.3, 0.4) is 0 Å². The Morgan fingerprint density at radius 2 is 2.20 bits per heavy atom. The van der Waals surface area contributed by atoms with Crippen LogP contribution in [0.4, 0.5) is 5.82 Å². The van der Waals surface area contributed by atoms with Crippen LogP contribution in [0.5, 0.6) is 0 Å². The van der Waals surface area contributed by atoms with Gasteiger partial charge in [0.15, 0.2) is 0 Å². The maximum absolute atomic E-state index is 13.1. The number of rotatable bonds is 6. The lowest BCUT2D eigenvalue weighted by Crippen LogP contribution is -2.36. The number of nitrogens with zero attached hydrogens (tertiary/aromatic N) is 4. The molecule has 8 heteroatoms. The smallest absolute Gasteiger partial charge is 0.263 e. The topological polar surface area (TPSA) is 93.8 Å². The summed E-state index contributed by atoms with van der Waals surface area (Å²) in [6.07, 6.45) is 9.07. The van der Waals surface area contributed by atoms with Gasteiger partial charge in [0, 0.05) is 31.2 Å². The van der Waals surface area contributed by atoms with Crippen LogP contribution in [-0.4, -0.2) is 38.3 Å². The van der Waals surface area contributed by atoms with Gasteiger partial charge in [-0.25, -0.2) is 4.68 Å². The predicted molar refractivity (Wildman–Crippen MR) is 115 cm³/mol. The fraction of sp³-hybridized carbons (Fsp3) is 0.364. The van der Waals surface area contributed by atoms with E-state index in [1.165, 1.54) is 0 Å². The Morgan fingerprint density at radius 3 is 2.97 bits per heavy atom. The molecule has 0 bridgehead atoms. The third kappa shape index (κ3) is 4.49. The van der Waals surface area contributed by atoms with E-state index in [0.29, 0.717) is 30.4 Å². The number of hydrogen-bond donors (Lipinski definition) is 2. The van der Waals surface area contributed by atoms with Crippen LogP contribution in [-0.2, 0) is 13.1 Å². The maximum atomic E-state index is 13.1. The minimum absolute atomic E-state index is 0.176. The molecule has 0 spiro atoms. The van der Waals surface area contributed by atoms with Crippen molar-refractivity contribution in [2.45, 2.75) is 32.9 Å². The second-order valence-corrected chi connectivity index (χ2v) is 7.73. The molecule has 3 aromatic rings. The van der Waals surface area contributed by atoms with Gasteiger partial charge in [0.1, 0.15) is 11.4 Å². The molecule has 2 N–H and O–H groups in total. The first-order chi connectivity index (χ1) is 14.6. The van der Waals surface area contributed by atoms with Crippen molar-refractivity contribution in [3.05, 3.63) is 76.1 Å². The molecular weight excluding hydrogens is 380 g/mol. The summed E-state index contributed by atoms with van der Waals surface area (Å²) in [5.41, 5.74) is 1.55. The highest BCUT2D eigenvalue weighted by Gasteiger charge is 2.20. The summed E-state index contributed by atoms with van der Waals surface area (Å²) >= 11 is 0. The summed E-state index contributed by atoms with van der Waals surface area (Å²) in [5.74, 6) is 0.520. The molecule has 4 rings (SSSR count). The lowest BCUT2D eigenvalue weighted by Gasteiger charge is -2.23. The van der Waals surface area contributed by atoms with Gasteiger partial charge in [-0.15, -0.1) is 0 Å². The largest absolute Gasteiger partial charge is 0.316 e. The summed E-state index contributed by atoms with van der Waals surface area (Å²) in [6, 6.07) is 7.35. The van der Waals surface area contributed by atoms with E-state index in [1.807, 2.05) is 18.2 Å². The SMILES string of the molecule is Cc1ccn(CC2CCCNC2)c(=O)c1C(=O)Nc1ccnn1Cc1cccnc1. The summed E-state index contributed by atoms with van der Waals surface area (Å²) in [4.78, 5) is 30.2. The summed E-state index contributed by atoms with van der Waals surface area (Å²) in [7, 11) is 0. The van der Waals surface area contributed by atoms with Crippen LogP contribution in [0.15, 0.2) is 53.8 Å². The van der Waals surface area contributed by atoms with E-state index in [-0.39, 0.29) is 11.1 Å². The Bertz CT molecular complexity index is 1070. The Hall–Kier alpha value is -3.26. The molecule has 1 amide bonds. The minimum Gasteiger partial charge on any atom is -0.316 e. The first kappa shape index (κ1) is 20.0. The second kappa shape index (κ2) is 9.04. The first-order valence-corrected chi connectivity index (χ1v) is 10.2. The molecule has 1 atom stereocenters. The van der Waals surface area contributed by atoms with E-state index in [9.17, 15) is 9.59 Å². The third-order valence-corrected chi connectivity index (χ3v) is 5.47. The van der Waals surface area contributed by atoms with Crippen molar-refractivity contribution >= 4 is 11.7 Å². The van der Waals surface area contributed by atoms with Gasteiger partial charge in [-0.1, -0.05) is 6.07 Å². The zero-order valence-corrected chi connectivity index (χ0v) is 17.0. The van der Waals surface area contributed by atoms with Crippen molar-refractivity contribution in [2.24, 2.45) is 5.92 Å². The number of aromatic nitrogens is 4. The number of pyridine rings is 2. The highest BCUT2D eigenvalue weighted by Crippen LogP contribution is 2.14. The van der Waals surface area contributed by atoms with E-state index in [4.69, 9.17) is 0 Å². The van der Waals surface area contributed by atoms with Gasteiger partial charge in [-0.05, 0) is 62.0 Å². The lowest BCUT2D eigenvalue weighted by atomic mass is 9.99. The van der Waals surface area contributed by atoms with Crippen molar-refractivity contribution in [3.8, 4) is 0 Å². The molecule has 1 saturated heterocycles. The third-order valence-electron chi connectivity index (χ3n) is 5.47. The van der Waals surface area contributed by atoms with Gasteiger partial charge in [0.2, 0.25) is 0 Å². The quantitative estimate of drug-likeness (QED) is 0.653. The Morgan fingerprint density at radius 1 is 1.30 bits per heavy atom. The van der Waals surface area contributed by atoms with Gasteiger partial charge in [0.05, 0.1) is 12.7 Å². The second-order valence-electron chi connectivity index (χ2n) is 7.73. The van der Waals surface area contributed by atoms with Crippen LogP contribution in [0.25, 0.3) is 0 Å². The van der Waals surface area contributed by atoms with E-state index in [1.54, 1.807) is 47.0 Å². The van der Waals surface area contributed by atoms with Crippen LogP contribution >= 0.6 is 0 Å². The number of carbonyl (C=O) groups excluding carboxylic acids is 1. The summed E-state index contributed by atoms with van der Waals surface area (Å²) < 4.78 is 3.34. The Labute approximate surface area is 175 Å².